The van der Waals surface area contributed by atoms with Gasteiger partial charge >= 0.3 is 0 Å². The van der Waals surface area contributed by atoms with E-state index in [2.05, 4.69) is 31.7 Å². The average molecular weight is 322 g/mol. The van der Waals surface area contributed by atoms with Crippen LogP contribution in [0.3, 0.4) is 0 Å². The van der Waals surface area contributed by atoms with Gasteiger partial charge < -0.3 is 4.90 Å². The van der Waals surface area contributed by atoms with E-state index in [1.165, 1.54) is 6.20 Å². The quantitative estimate of drug-likeness (QED) is 0.868. The molecule has 2 aromatic rings. The predicted octanol–water partition coefficient (Wildman–Crippen LogP) is 2.37. The Morgan fingerprint density at radius 3 is 2.73 bits per heavy atom. The lowest BCUT2D eigenvalue weighted by molar-refractivity contribution is 0.178. The Kier molecular flexibility index (Phi) is 4.49. The standard InChI is InChI=1S/C15H17ClFN5/c1-11-9-22(15-19-6-13(16)7-20-15)5-4-21(11)10-12-2-3-18-8-14(12)17/h2-3,6-8,11H,4-5,9-10H2,1H3. The lowest BCUT2D eigenvalue weighted by Gasteiger charge is -2.39. The monoisotopic (exact) mass is 321 g/mol. The number of rotatable bonds is 3. The molecule has 116 valence electrons. The number of anilines is 1. The molecular weight excluding hydrogens is 305 g/mol. The molecule has 3 heterocycles. The van der Waals surface area contributed by atoms with Crippen molar-refractivity contribution in [2.24, 2.45) is 0 Å². The Morgan fingerprint density at radius 2 is 2.05 bits per heavy atom. The molecular formula is C15H17ClFN5. The third-order valence-corrected chi connectivity index (χ3v) is 4.08. The van der Waals surface area contributed by atoms with Gasteiger partial charge in [-0.2, -0.15) is 0 Å². The van der Waals surface area contributed by atoms with Crippen LogP contribution in [0, 0.1) is 5.82 Å². The minimum absolute atomic E-state index is 0.252. The molecule has 0 amide bonds. The van der Waals surface area contributed by atoms with Crippen LogP contribution in [0.1, 0.15) is 12.5 Å². The summed E-state index contributed by atoms with van der Waals surface area (Å²) in [4.78, 5) is 16.7. The van der Waals surface area contributed by atoms with Gasteiger partial charge in [0.05, 0.1) is 23.6 Å². The fourth-order valence-corrected chi connectivity index (χ4v) is 2.73. The van der Waals surface area contributed by atoms with Gasteiger partial charge in [-0.1, -0.05) is 11.6 Å². The molecule has 2 aromatic heterocycles. The van der Waals surface area contributed by atoms with E-state index < -0.39 is 0 Å². The summed E-state index contributed by atoms with van der Waals surface area (Å²) in [6.45, 7) is 5.15. The number of hydrogen-bond acceptors (Lipinski definition) is 5. The summed E-state index contributed by atoms with van der Waals surface area (Å²) in [7, 11) is 0. The minimum atomic E-state index is -0.252. The van der Waals surface area contributed by atoms with Gasteiger partial charge in [0.25, 0.3) is 0 Å². The molecule has 0 aromatic carbocycles. The molecule has 5 nitrogen and oxygen atoms in total. The fourth-order valence-electron chi connectivity index (χ4n) is 2.63. The molecule has 1 saturated heterocycles. The van der Waals surface area contributed by atoms with Crippen LogP contribution in [-0.4, -0.2) is 45.5 Å². The first kappa shape index (κ1) is 15.1. The second-order valence-corrected chi connectivity index (χ2v) is 5.87. The van der Waals surface area contributed by atoms with E-state index in [0.29, 0.717) is 23.1 Å². The van der Waals surface area contributed by atoms with Crippen molar-refractivity contribution in [3.05, 3.63) is 47.3 Å². The van der Waals surface area contributed by atoms with Crippen molar-refractivity contribution in [2.75, 3.05) is 24.5 Å². The molecule has 0 N–H and O–H groups in total. The van der Waals surface area contributed by atoms with E-state index in [-0.39, 0.29) is 11.9 Å². The second kappa shape index (κ2) is 6.54. The van der Waals surface area contributed by atoms with Crippen LogP contribution in [0.5, 0.6) is 0 Å². The first-order valence-corrected chi connectivity index (χ1v) is 7.56. The van der Waals surface area contributed by atoms with Crippen LogP contribution < -0.4 is 4.90 Å². The van der Waals surface area contributed by atoms with Crippen LogP contribution in [0.15, 0.2) is 30.9 Å². The molecule has 1 aliphatic rings. The van der Waals surface area contributed by atoms with Crippen LogP contribution in [-0.2, 0) is 6.54 Å². The zero-order valence-corrected chi connectivity index (χ0v) is 13.0. The molecule has 3 rings (SSSR count). The van der Waals surface area contributed by atoms with E-state index in [0.717, 1.165) is 19.6 Å². The molecule has 1 fully saturated rings. The number of piperazine rings is 1. The van der Waals surface area contributed by atoms with Gasteiger partial charge in [-0.25, -0.2) is 14.4 Å². The highest BCUT2D eigenvalue weighted by molar-refractivity contribution is 6.30. The Morgan fingerprint density at radius 1 is 1.27 bits per heavy atom. The second-order valence-electron chi connectivity index (χ2n) is 5.43. The first-order valence-electron chi connectivity index (χ1n) is 7.18. The van der Waals surface area contributed by atoms with Crippen molar-refractivity contribution in [1.82, 2.24) is 19.9 Å². The molecule has 0 aliphatic carbocycles. The van der Waals surface area contributed by atoms with Crippen molar-refractivity contribution in [1.29, 1.82) is 0 Å². The van der Waals surface area contributed by atoms with E-state index >= 15 is 0 Å². The van der Waals surface area contributed by atoms with E-state index in [1.54, 1.807) is 24.7 Å². The van der Waals surface area contributed by atoms with Gasteiger partial charge in [0.15, 0.2) is 0 Å². The highest BCUT2D eigenvalue weighted by Crippen LogP contribution is 2.18. The van der Waals surface area contributed by atoms with Crippen LogP contribution >= 0.6 is 11.6 Å². The number of nitrogens with zero attached hydrogens (tertiary/aromatic N) is 5. The molecule has 1 unspecified atom stereocenters. The van der Waals surface area contributed by atoms with Crippen molar-refractivity contribution in [3.63, 3.8) is 0 Å². The zero-order chi connectivity index (χ0) is 15.5. The van der Waals surface area contributed by atoms with Gasteiger partial charge in [0.1, 0.15) is 5.82 Å². The summed E-state index contributed by atoms with van der Waals surface area (Å²) >= 11 is 5.82. The van der Waals surface area contributed by atoms with Crippen LogP contribution in [0.4, 0.5) is 10.3 Å². The summed E-state index contributed by atoms with van der Waals surface area (Å²) < 4.78 is 13.7. The maximum atomic E-state index is 13.7. The molecule has 1 aliphatic heterocycles. The molecule has 1 atom stereocenters. The third kappa shape index (κ3) is 3.34. The van der Waals surface area contributed by atoms with Gasteiger partial charge in [-0.05, 0) is 13.0 Å². The van der Waals surface area contributed by atoms with Crippen LogP contribution in [0.2, 0.25) is 5.02 Å². The summed E-state index contributed by atoms with van der Waals surface area (Å²) in [5.41, 5.74) is 0.679. The van der Waals surface area contributed by atoms with E-state index in [4.69, 9.17) is 11.6 Å². The molecule has 0 spiro atoms. The molecule has 22 heavy (non-hydrogen) atoms. The normalized spacial score (nSPS) is 19.4. The largest absolute Gasteiger partial charge is 0.338 e. The first-order chi connectivity index (χ1) is 10.6. The zero-order valence-electron chi connectivity index (χ0n) is 12.3. The predicted molar refractivity (Wildman–Crippen MR) is 83.3 cm³/mol. The van der Waals surface area contributed by atoms with Gasteiger partial charge in [0.2, 0.25) is 5.95 Å². The maximum Gasteiger partial charge on any atom is 0.225 e. The third-order valence-electron chi connectivity index (χ3n) is 3.88. The highest BCUT2D eigenvalue weighted by atomic mass is 35.5. The number of halogens is 2. The number of pyridine rings is 1. The molecule has 0 saturated carbocycles. The SMILES string of the molecule is CC1CN(c2ncc(Cl)cn2)CCN1Cc1ccncc1F. The lowest BCUT2D eigenvalue weighted by atomic mass is 10.1. The molecule has 0 radical (unpaired) electrons. The van der Waals surface area contributed by atoms with Gasteiger partial charge in [-0.3, -0.25) is 9.88 Å². The summed E-state index contributed by atoms with van der Waals surface area (Å²) in [5, 5.41) is 0.531. The van der Waals surface area contributed by atoms with E-state index in [1.807, 2.05) is 0 Å². The Bertz CT molecular complexity index is 636. The minimum Gasteiger partial charge on any atom is -0.338 e. The summed E-state index contributed by atoms with van der Waals surface area (Å²) in [6, 6.07) is 2.01. The van der Waals surface area contributed by atoms with Crippen molar-refractivity contribution < 1.29 is 4.39 Å². The topological polar surface area (TPSA) is 45.2 Å². The molecule has 7 heteroatoms. The molecule has 0 bridgehead atoms. The lowest BCUT2D eigenvalue weighted by Crippen LogP contribution is -2.52. The average Bonchev–Trinajstić information content (AvgIpc) is 2.52. The van der Waals surface area contributed by atoms with Crippen molar-refractivity contribution in [2.45, 2.75) is 19.5 Å². The Labute approximate surface area is 133 Å². The highest BCUT2D eigenvalue weighted by Gasteiger charge is 2.25. The fraction of sp³-hybridized carbons (Fsp3) is 0.400. The van der Waals surface area contributed by atoms with Gasteiger partial charge in [-0.15, -0.1) is 0 Å². The summed E-state index contributed by atoms with van der Waals surface area (Å²) in [6.07, 6.45) is 6.10. The van der Waals surface area contributed by atoms with E-state index in [9.17, 15) is 4.39 Å². The van der Waals surface area contributed by atoms with Gasteiger partial charge in [0, 0.05) is 44.0 Å². The van der Waals surface area contributed by atoms with Crippen molar-refractivity contribution >= 4 is 17.5 Å². The summed E-state index contributed by atoms with van der Waals surface area (Å²) in [5.74, 6) is 0.434. The Balaban J connectivity index is 1.65. The van der Waals surface area contributed by atoms with Crippen molar-refractivity contribution in [3.8, 4) is 0 Å². The Hall–Kier alpha value is -1.79. The maximum absolute atomic E-state index is 13.7. The number of aromatic nitrogens is 3. The number of hydrogen-bond donors (Lipinski definition) is 0. The smallest absolute Gasteiger partial charge is 0.225 e. The van der Waals surface area contributed by atoms with Crippen LogP contribution in [0.25, 0.3) is 0 Å².